The number of rotatable bonds is 12. The van der Waals surface area contributed by atoms with Crippen molar-refractivity contribution < 1.29 is 23.5 Å². The van der Waals surface area contributed by atoms with E-state index in [2.05, 4.69) is 22.9 Å². The van der Waals surface area contributed by atoms with Gasteiger partial charge in [0.05, 0.1) is 12.5 Å². The van der Waals surface area contributed by atoms with Gasteiger partial charge >= 0.3 is 5.97 Å². The Labute approximate surface area is 251 Å². The number of anilines is 1. The standard InChI is InChI=1S/C31H37N5O5.ClH/c1-5-32-24-17-27-26(16-19(24)2)36-30-22-11-7-6-10-21(22)25(18-28(30)41-27)33-15-13-29(38)34-14-9-8-12-23(31(39)40-4)35-20(3)37;/h6-7,10-11,16-18,23,32H,5,8-9,12-15H2,1-4H3,(H,34,38)(H,35,37);1H. The van der Waals surface area contributed by atoms with Crippen LogP contribution < -0.4 is 21.3 Å². The summed E-state index contributed by atoms with van der Waals surface area (Å²) in [4.78, 5) is 45.2. The Morgan fingerprint density at radius 2 is 1.86 bits per heavy atom. The predicted octanol–water partition coefficient (Wildman–Crippen LogP) is 4.50. The van der Waals surface area contributed by atoms with Crippen molar-refractivity contribution in [3.8, 4) is 11.5 Å². The zero-order valence-electron chi connectivity index (χ0n) is 24.4. The lowest BCUT2D eigenvalue weighted by Crippen LogP contribution is -2.40. The second-order valence-electron chi connectivity index (χ2n) is 9.92. The van der Waals surface area contributed by atoms with Crippen molar-refractivity contribution >= 4 is 57.8 Å². The smallest absolute Gasteiger partial charge is 0.328 e. The Morgan fingerprint density at radius 3 is 2.57 bits per heavy atom. The monoisotopic (exact) mass is 595 g/mol. The zero-order chi connectivity index (χ0) is 29.4. The molecule has 224 valence electrons. The summed E-state index contributed by atoms with van der Waals surface area (Å²) in [5.41, 5.74) is 4.37. The molecule has 1 atom stereocenters. The molecule has 0 spiro atoms. The molecular weight excluding hydrogens is 558 g/mol. The molecular formula is C31H38ClN5O5. The van der Waals surface area contributed by atoms with Crippen molar-refractivity contribution in [2.45, 2.75) is 52.5 Å². The van der Waals surface area contributed by atoms with E-state index < -0.39 is 12.0 Å². The van der Waals surface area contributed by atoms with E-state index in [1.807, 2.05) is 49.4 Å². The van der Waals surface area contributed by atoms with Crippen LogP contribution in [0.2, 0.25) is 0 Å². The van der Waals surface area contributed by atoms with Gasteiger partial charge in [0.15, 0.2) is 11.3 Å². The number of ether oxygens (including phenoxy) is 1. The third kappa shape index (κ3) is 7.97. The SMILES string of the molecule is CCNc1cc2oc3cc(=NCCC(=O)NCCCCC(NC(C)=O)C(=O)OC)c4ccccc4c-3nc2cc1C.Cl. The quantitative estimate of drug-likeness (QED) is 0.0949. The Kier molecular flexibility index (Phi) is 11.7. The molecule has 0 bridgehead atoms. The van der Waals surface area contributed by atoms with E-state index in [0.29, 0.717) is 43.7 Å². The molecule has 3 N–H and O–H groups in total. The minimum absolute atomic E-state index is 0. The molecule has 0 saturated heterocycles. The van der Waals surface area contributed by atoms with Crippen LogP contribution in [0.25, 0.3) is 33.3 Å². The number of hydrogen-bond donors (Lipinski definition) is 3. The van der Waals surface area contributed by atoms with Gasteiger partial charge in [0, 0.05) is 61.6 Å². The van der Waals surface area contributed by atoms with E-state index in [1.165, 1.54) is 14.0 Å². The normalized spacial score (nSPS) is 12.1. The zero-order valence-corrected chi connectivity index (χ0v) is 25.2. The summed E-state index contributed by atoms with van der Waals surface area (Å²) in [6.45, 7) is 7.06. The molecule has 0 radical (unpaired) electrons. The highest BCUT2D eigenvalue weighted by Gasteiger charge is 2.19. The molecule has 42 heavy (non-hydrogen) atoms. The lowest BCUT2D eigenvalue weighted by atomic mass is 10.0. The number of methoxy groups -OCH3 is 1. The van der Waals surface area contributed by atoms with Gasteiger partial charge in [-0.05, 0) is 44.7 Å². The van der Waals surface area contributed by atoms with Crippen LogP contribution in [0.4, 0.5) is 5.69 Å². The number of benzene rings is 3. The van der Waals surface area contributed by atoms with Crippen LogP contribution in [0.3, 0.4) is 0 Å². The topological polar surface area (TPSA) is 135 Å². The van der Waals surface area contributed by atoms with Gasteiger partial charge in [0.1, 0.15) is 17.3 Å². The van der Waals surface area contributed by atoms with E-state index in [-0.39, 0.29) is 30.6 Å². The number of nitrogens with one attached hydrogen (secondary N) is 3. The Balaban J connectivity index is 0.00000484. The number of aryl methyl sites for hydroxylation is 1. The van der Waals surface area contributed by atoms with Gasteiger partial charge in [0.25, 0.3) is 0 Å². The van der Waals surface area contributed by atoms with Gasteiger partial charge in [-0.15, -0.1) is 12.4 Å². The second kappa shape index (κ2) is 15.2. The third-order valence-electron chi connectivity index (χ3n) is 6.81. The summed E-state index contributed by atoms with van der Waals surface area (Å²) in [6.07, 6.45) is 2.00. The van der Waals surface area contributed by atoms with E-state index in [1.54, 1.807) is 0 Å². The molecule has 1 unspecified atom stereocenters. The fourth-order valence-electron chi connectivity index (χ4n) is 4.81. The summed E-state index contributed by atoms with van der Waals surface area (Å²) < 4.78 is 11.0. The Bertz CT molecular complexity index is 1600. The number of unbranched alkanes of at least 4 members (excludes halogenated alkanes) is 1. The van der Waals surface area contributed by atoms with Crippen LogP contribution in [0.1, 0.15) is 45.1 Å². The maximum absolute atomic E-state index is 12.4. The summed E-state index contributed by atoms with van der Waals surface area (Å²) in [7, 11) is 1.29. The first-order chi connectivity index (χ1) is 19.8. The molecule has 2 aromatic carbocycles. The minimum atomic E-state index is -0.678. The average molecular weight is 596 g/mol. The first-order valence-corrected chi connectivity index (χ1v) is 13.9. The summed E-state index contributed by atoms with van der Waals surface area (Å²) in [5, 5.41) is 11.5. The number of carbonyl (C=O) groups is 3. The maximum Gasteiger partial charge on any atom is 0.328 e. The second-order valence-corrected chi connectivity index (χ2v) is 9.92. The molecule has 2 aromatic rings. The maximum atomic E-state index is 12.4. The van der Waals surface area contributed by atoms with E-state index in [4.69, 9.17) is 19.1 Å². The molecule has 10 nitrogen and oxygen atoms in total. The highest BCUT2D eigenvalue weighted by atomic mass is 35.5. The van der Waals surface area contributed by atoms with Crippen LogP contribution in [-0.2, 0) is 19.1 Å². The van der Waals surface area contributed by atoms with Gasteiger partial charge < -0.3 is 25.1 Å². The summed E-state index contributed by atoms with van der Waals surface area (Å²) in [6, 6.07) is 13.2. The molecule has 1 heterocycles. The molecule has 1 aliphatic carbocycles. The molecule has 4 rings (SSSR count). The van der Waals surface area contributed by atoms with Gasteiger partial charge in [0.2, 0.25) is 11.8 Å². The van der Waals surface area contributed by atoms with E-state index in [0.717, 1.165) is 45.1 Å². The lowest BCUT2D eigenvalue weighted by Gasteiger charge is -2.15. The van der Waals surface area contributed by atoms with Crippen molar-refractivity contribution in [1.29, 1.82) is 0 Å². The Morgan fingerprint density at radius 1 is 1.10 bits per heavy atom. The van der Waals surface area contributed by atoms with Crippen LogP contribution in [0.5, 0.6) is 0 Å². The molecule has 11 heteroatoms. The first-order valence-electron chi connectivity index (χ1n) is 13.9. The number of fused-ring (bicyclic) bond motifs is 4. The summed E-state index contributed by atoms with van der Waals surface area (Å²) in [5.74, 6) is -0.232. The number of carbonyl (C=O) groups excluding carboxylic acids is 3. The fraction of sp³-hybridized carbons (Fsp3) is 0.387. The molecule has 0 aromatic heterocycles. The first kappa shape index (κ1) is 32.3. The van der Waals surface area contributed by atoms with Crippen LogP contribution >= 0.6 is 12.4 Å². The average Bonchev–Trinajstić information content (AvgIpc) is 2.95. The van der Waals surface area contributed by atoms with Crippen molar-refractivity contribution in [3.05, 3.63) is 53.4 Å². The minimum Gasteiger partial charge on any atom is -0.467 e. The highest BCUT2D eigenvalue weighted by Crippen LogP contribution is 2.32. The van der Waals surface area contributed by atoms with Crippen molar-refractivity contribution in [3.63, 3.8) is 0 Å². The molecule has 2 aliphatic rings. The lowest BCUT2D eigenvalue weighted by molar-refractivity contribution is -0.145. The Hall–Kier alpha value is -4.18. The third-order valence-corrected chi connectivity index (χ3v) is 6.81. The van der Waals surface area contributed by atoms with Crippen molar-refractivity contribution in [2.24, 2.45) is 4.99 Å². The molecule has 0 fully saturated rings. The molecule has 1 aliphatic heterocycles. The van der Waals surface area contributed by atoms with Gasteiger partial charge in [-0.1, -0.05) is 24.3 Å². The van der Waals surface area contributed by atoms with Crippen molar-refractivity contribution in [1.82, 2.24) is 15.6 Å². The van der Waals surface area contributed by atoms with Crippen LogP contribution in [0.15, 0.2) is 51.9 Å². The fourth-order valence-corrected chi connectivity index (χ4v) is 4.81. The number of esters is 1. The van der Waals surface area contributed by atoms with Crippen LogP contribution in [-0.4, -0.2) is 55.6 Å². The van der Waals surface area contributed by atoms with E-state index in [9.17, 15) is 14.4 Å². The largest absolute Gasteiger partial charge is 0.467 e. The predicted molar refractivity (Wildman–Crippen MR) is 166 cm³/mol. The number of halogens is 1. The molecule has 2 amide bonds. The number of aromatic nitrogens is 1. The van der Waals surface area contributed by atoms with Gasteiger partial charge in [-0.3, -0.25) is 14.6 Å². The van der Waals surface area contributed by atoms with Gasteiger partial charge in [-0.25, -0.2) is 9.78 Å². The van der Waals surface area contributed by atoms with E-state index >= 15 is 0 Å². The number of nitrogens with zero attached hydrogens (tertiary/aromatic N) is 2. The molecule has 0 saturated carbocycles. The van der Waals surface area contributed by atoms with Gasteiger partial charge in [-0.2, -0.15) is 0 Å². The van der Waals surface area contributed by atoms with Crippen LogP contribution in [0, 0.1) is 6.92 Å². The number of hydrogen-bond acceptors (Lipinski definition) is 8. The van der Waals surface area contributed by atoms with Crippen molar-refractivity contribution in [2.75, 3.05) is 32.1 Å². The number of amides is 2. The highest BCUT2D eigenvalue weighted by molar-refractivity contribution is 5.96. The summed E-state index contributed by atoms with van der Waals surface area (Å²) >= 11 is 0.